The Labute approximate surface area is 173 Å². The molecule has 4 rings (SSSR count). The number of carbonyl (C=O) groups is 1. The first-order valence-corrected chi connectivity index (χ1v) is 9.73. The molecule has 1 aliphatic rings. The van der Waals surface area contributed by atoms with Crippen LogP contribution in [0.5, 0.6) is 0 Å². The predicted octanol–water partition coefficient (Wildman–Crippen LogP) is 4.52. The van der Waals surface area contributed by atoms with Crippen LogP contribution in [0.3, 0.4) is 0 Å². The van der Waals surface area contributed by atoms with Crippen LogP contribution in [-0.2, 0) is 11.0 Å². The number of halogens is 4. The summed E-state index contributed by atoms with van der Waals surface area (Å²) >= 11 is 0. The molecule has 0 bridgehead atoms. The second-order valence-corrected chi connectivity index (χ2v) is 7.57. The molecule has 1 amide bonds. The zero-order valence-electron chi connectivity index (χ0n) is 16.3. The molecule has 2 N–H and O–H groups in total. The number of anilines is 2. The summed E-state index contributed by atoms with van der Waals surface area (Å²) in [5.74, 6) is -1.94. The number of aromatic amines is 1. The van der Waals surface area contributed by atoms with Crippen LogP contribution in [0.1, 0.15) is 24.8 Å². The van der Waals surface area contributed by atoms with E-state index in [9.17, 15) is 27.2 Å². The van der Waals surface area contributed by atoms with Crippen molar-refractivity contribution in [1.82, 2.24) is 4.98 Å². The molecule has 1 aromatic heterocycles. The molecule has 31 heavy (non-hydrogen) atoms. The molecule has 0 spiro atoms. The number of carbonyl (C=O) groups excluding carboxylic acids is 1. The van der Waals surface area contributed by atoms with Gasteiger partial charge >= 0.3 is 11.9 Å². The third-order valence-corrected chi connectivity index (χ3v) is 5.42. The summed E-state index contributed by atoms with van der Waals surface area (Å²) in [6.07, 6.45) is -3.13. The van der Waals surface area contributed by atoms with Crippen molar-refractivity contribution in [1.29, 1.82) is 0 Å². The van der Waals surface area contributed by atoms with Crippen LogP contribution in [-0.4, -0.2) is 24.0 Å². The lowest BCUT2D eigenvalue weighted by atomic mass is 9.92. The maximum Gasteiger partial charge on any atom is 0.419 e. The Kier molecular flexibility index (Phi) is 5.47. The van der Waals surface area contributed by atoms with Crippen molar-refractivity contribution in [2.75, 3.05) is 23.3 Å². The Morgan fingerprint density at radius 3 is 2.58 bits per heavy atom. The molecule has 164 valence electrons. The molecule has 3 aromatic rings. The van der Waals surface area contributed by atoms with Gasteiger partial charge in [-0.05, 0) is 49.1 Å². The fraction of sp³-hybridized carbons (Fsp3) is 0.333. The number of hydrogen-bond acceptors (Lipinski definition) is 4. The minimum absolute atomic E-state index is 0.101. The highest BCUT2D eigenvalue weighted by atomic mass is 19.4. The molecule has 0 radical (unpaired) electrons. The van der Waals surface area contributed by atoms with Crippen molar-refractivity contribution < 1.29 is 26.8 Å². The molecular formula is C21H19F4N3O3. The number of nitrogens with zero attached hydrogens (tertiary/aromatic N) is 1. The zero-order valence-corrected chi connectivity index (χ0v) is 16.3. The van der Waals surface area contributed by atoms with Crippen molar-refractivity contribution in [2.24, 2.45) is 5.92 Å². The van der Waals surface area contributed by atoms with E-state index < -0.39 is 23.3 Å². The van der Waals surface area contributed by atoms with E-state index in [4.69, 9.17) is 4.42 Å². The number of alkyl halides is 3. The van der Waals surface area contributed by atoms with Crippen LogP contribution in [0.15, 0.2) is 45.6 Å². The first kappa shape index (κ1) is 21.0. The SMILES string of the molecule is O=C(CC1CCN(c2ccc(C(F)(F)F)c(F)c2)CC1)Nc1ccc2[nH]c(=O)oc2c1. The number of hydrogen-bond donors (Lipinski definition) is 2. The minimum Gasteiger partial charge on any atom is -0.408 e. The molecule has 0 unspecified atom stereocenters. The number of benzene rings is 2. The van der Waals surface area contributed by atoms with Gasteiger partial charge in [0.15, 0.2) is 5.58 Å². The Balaban J connectivity index is 1.31. The van der Waals surface area contributed by atoms with Crippen molar-refractivity contribution in [2.45, 2.75) is 25.4 Å². The predicted molar refractivity (Wildman–Crippen MR) is 106 cm³/mol. The van der Waals surface area contributed by atoms with Crippen molar-refractivity contribution >= 4 is 28.4 Å². The molecule has 0 atom stereocenters. The molecule has 10 heteroatoms. The summed E-state index contributed by atoms with van der Waals surface area (Å²) in [4.78, 5) is 27.9. The third kappa shape index (κ3) is 4.73. The van der Waals surface area contributed by atoms with Gasteiger partial charge in [0, 0.05) is 37.0 Å². The van der Waals surface area contributed by atoms with Crippen molar-refractivity contribution in [3.63, 3.8) is 0 Å². The van der Waals surface area contributed by atoms with Crippen molar-refractivity contribution in [3.05, 3.63) is 58.3 Å². The van der Waals surface area contributed by atoms with E-state index in [2.05, 4.69) is 10.3 Å². The van der Waals surface area contributed by atoms with Gasteiger partial charge in [0.05, 0.1) is 11.1 Å². The van der Waals surface area contributed by atoms with Gasteiger partial charge in [0.25, 0.3) is 0 Å². The quantitative estimate of drug-likeness (QED) is 0.588. The lowest BCUT2D eigenvalue weighted by molar-refractivity contribution is -0.140. The summed E-state index contributed by atoms with van der Waals surface area (Å²) < 4.78 is 57.0. The average molecular weight is 437 g/mol. The monoisotopic (exact) mass is 437 g/mol. The lowest BCUT2D eigenvalue weighted by Gasteiger charge is -2.33. The Hall–Kier alpha value is -3.30. The number of H-pyrrole nitrogens is 1. The molecule has 2 heterocycles. The number of nitrogens with one attached hydrogen (secondary N) is 2. The van der Waals surface area contributed by atoms with Crippen molar-refractivity contribution in [3.8, 4) is 0 Å². The fourth-order valence-electron chi connectivity index (χ4n) is 3.82. The molecule has 1 fully saturated rings. The van der Waals surface area contributed by atoms with Gasteiger partial charge in [-0.1, -0.05) is 0 Å². The van der Waals surface area contributed by atoms with E-state index in [1.807, 2.05) is 4.90 Å². The van der Waals surface area contributed by atoms with E-state index in [-0.39, 0.29) is 18.2 Å². The highest BCUT2D eigenvalue weighted by molar-refractivity contribution is 5.92. The molecule has 0 saturated carbocycles. The molecular weight excluding hydrogens is 418 g/mol. The number of amides is 1. The van der Waals surface area contributed by atoms with Gasteiger partial charge in [-0.25, -0.2) is 9.18 Å². The second kappa shape index (κ2) is 8.09. The van der Waals surface area contributed by atoms with Crippen LogP contribution >= 0.6 is 0 Å². The van der Waals surface area contributed by atoms with Crippen LogP contribution in [0.25, 0.3) is 11.1 Å². The topological polar surface area (TPSA) is 78.3 Å². The normalized spacial score (nSPS) is 15.4. The standard InChI is InChI=1S/C21H19F4N3O3/c22-16-11-14(2-3-15(16)21(23,24)25)28-7-5-12(6-8-28)9-19(29)26-13-1-4-17-18(10-13)31-20(30)27-17/h1-4,10-12H,5-9H2,(H,26,29)(H,27,30). The number of rotatable bonds is 4. The Bertz CT molecular complexity index is 1160. The van der Waals surface area contributed by atoms with Crippen LogP contribution < -0.4 is 16.0 Å². The van der Waals surface area contributed by atoms with Gasteiger partial charge in [-0.3, -0.25) is 9.78 Å². The van der Waals surface area contributed by atoms with Gasteiger partial charge in [-0.15, -0.1) is 0 Å². The van der Waals surface area contributed by atoms with E-state index in [0.717, 1.165) is 12.1 Å². The largest absolute Gasteiger partial charge is 0.419 e. The molecule has 2 aromatic carbocycles. The van der Waals surface area contributed by atoms with Gasteiger partial charge in [-0.2, -0.15) is 13.2 Å². The third-order valence-electron chi connectivity index (χ3n) is 5.42. The van der Waals surface area contributed by atoms with E-state index in [1.165, 1.54) is 6.07 Å². The summed E-state index contributed by atoms with van der Waals surface area (Å²) in [5.41, 5.74) is 0.516. The highest BCUT2D eigenvalue weighted by Gasteiger charge is 2.34. The summed E-state index contributed by atoms with van der Waals surface area (Å²) in [6.45, 7) is 1.03. The average Bonchev–Trinajstić information content (AvgIpc) is 3.06. The minimum atomic E-state index is -4.72. The molecule has 1 saturated heterocycles. The smallest absolute Gasteiger partial charge is 0.408 e. The first-order valence-electron chi connectivity index (χ1n) is 9.73. The Morgan fingerprint density at radius 1 is 1.16 bits per heavy atom. The number of piperidine rings is 1. The Morgan fingerprint density at radius 2 is 1.90 bits per heavy atom. The van der Waals surface area contributed by atoms with E-state index >= 15 is 0 Å². The van der Waals surface area contributed by atoms with E-state index in [1.54, 1.807) is 18.2 Å². The van der Waals surface area contributed by atoms with Crippen LogP contribution in [0.2, 0.25) is 0 Å². The lowest BCUT2D eigenvalue weighted by Crippen LogP contribution is -2.35. The first-order chi connectivity index (χ1) is 14.7. The van der Waals surface area contributed by atoms with E-state index in [0.29, 0.717) is 48.4 Å². The molecule has 6 nitrogen and oxygen atoms in total. The van der Waals surface area contributed by atoms with Crippen LogP contribution in [0, 0.1) is 11.7 Å². The molecule has 0 aliphatic carbocycles. The number of fused-ring (bicyclic) bond motifs is 1. The number of aromatic nitrogens is 1. The summed E-state index contributed by atoms with van der Waals surface area (Å²) in [6, 6.07) is 7.80. The summed E-state index contributed by atoms with van der Waals surface area (Å²) in [5, 5.41) is 2.78. The maximum atomic E-state index is 13.8. The fourth-order valence-corrected chi connectivity index (χ4v) is 3.82. The maximum absolute atomic E-state index is 13.8. The van der Waals surface area contributed by atoms with Crippen LogP contribution in [0.4, 0.5) is 28.9 Å². The van der Waals surface area contributed by atoms with Gasteiger partial charge in [0.2, 0.25) is 5.91 Å². The van der Waals surface area contributed by atoms with Gasteiger partial charge < -0.3 is 14.6 Å². The summed E-state index contributed by atoms with van der Waals surface area (Å²) in [7, 11) is 0. The second-order valence-electron chi connectivity index (χ2n) is 7.57. The zero-order chi connectivity index (χ0) is 22.2. The number of oxazole rings is 1. The molecule has 1 aliphatic heterocycles. The highest BCUT2D eigenvalue weighted by Crippen LogP contribution is 2.34. The van der Waals surface area contributed by atoms with Gasteiger partial charge in [0.1, 0.15) is 5.82 Å².